The van der Waals surface area contributed by atoms with E-state index in [-0.39, 0.29) is 11.4 Å². The van der Waals surface area contributed by atoms with Crippen molar-refractivity contribution in [2.24, 2.45) is 0 Å². The third-order valence-corrected chi connectivity index (χ3v) is 3.76. The van der Waals surface area contributed by atoms with Crippen LogP contribution in [-0.4, -0.2) is 29.5 Å². The van der Waals surface area contributed by atoms with Crippen molar-refractivity contribution < 1.29 is 5.11 Å². The third kappa shape index (κ3) is 2.42. The molecule has 1 saturated heterocycles. The van der Waals surface area contributed by atoms with E-state index in [1.807, 2.05) is 24.3 Å². The minimum atomic E-state index is -0.251. The molecule has 0 bridgehead atoms. The van der Waals surface area contributed by atoms with Gasteiger partial charge in [0.25, 0.3) is 0 Å². The van der Waals surface area contributed by atoms with Crippen LogP contribution in [0.15, 0.2) is 29.2 Å². The van der Waals surface area contributed by atoms with Gasteiger partial charge in [0.15, 0.2) is 0 Å². The number of aliphatic hydroxyl groups excluding tert-OH is 1. The van der Waals surface area contributed by atoms with Gasteiger partial charge in [-0.05, 0) is 18.2 Å². The number of benzene rings is 1. The predicted molar refractivity (Wildman–Crippen MR) is 60.0 cm³/mol. The number of hydrogen-bond acceptors (Lipinski definition) is 3. The molecule has 76 valence electrons. The molecule has 2 unspecified atom stereocenters. The molecule has 2 N–H and O–H groups in total. The third-order valence-electron chi connectivity index (χ3n) is 2.21. The van der Waals surface area contributed by atoms with Crippen LogP contribution in [0.4, 0.5) is 0 Å². The van der Waals surface area contributed by atoms with Gasteiger partial charge in [-0.3, -0.25) is 0 Å². The van der Waals surface area contributed by atoms with E-state index in [4.69, 9.17) is 11.6 Å². The summed E-state index contributed by atoms with van der Waals surface area (Å²) in [6.45, 7) is 1.55. The maximum Gasteiger partial charge on any atom is 0.0798 e. The Kier molecular flexibility index (Phi) is 3.34. The van der Waals surface area contributed by atoms with Gasteiger partial charge in [0.2, 0.25) is 0 Å². The van der Waals surface area contributed by atoms with Crippen LogP contribution in [0, 0.1) is 0 Å². The maximum atomic E-state index is 9.60. The standard InChI is InChI=1S/C10H12ClNOS/c11-7-2-1-3-8(4-7)14-10-6-12-5-9(10)13/h1-4,9-10,12-13H,5-6H2. The highest BCUT2D eigenvalue weighted by atomic mass is 35.5. The number of rotatable bonds is 2. The Hall–Kier alpha value is -0.220. The summed E-state index contributed by atoms with van der Waals surface area (Å²) >= 11 is 7.55. The molecule has 14 heavy (non-hydrogen) atoms. The van der Waals surface area contributed by atoms with Gasteiger partial charge < -0.3 is 10.4 Å². The Morgan fingerprint density at radius 3 is 2.93 bits per heavy atom. The van der Waals surface area contributed by atoms with Crippen molar-refractivity contribution in [1.29, 1.82) is 0 Å². The second-order valence-corrected chi connectivity index (χ2v) is 5.09. The lowest BCUT2D eigenvalue weighted by Crippen LogP contribution is -2.19. The van der Waals surface area contributed by atoms with E-state index < -0.39 is 0 Å². The molecule has 1 aliphatic heterocycles. The molecule has 0 amide bonds. The van der Waals surface area contributed by atoms with Gasteiger partial charge in [-0.25, -0.2) is 0 Å². The summed E-state index contributed by atoms with van der Waals surface area (Å²) in [7, 11) is 0. The predicted octanol–water partition coefficient (Wildman–Crippen LogP) is 1.76. The highest BCUT2D eigenvalue weighted by molar-refractivity contribution is 8.00. The number of nitrogens with one attached hydrogen (secondary N) is 1. The lowest BCUT2D eigenvalue weighted by molar-refractivity contribution is 0.201. The molecule has 1 aromatic rings. The molecule has 1 fully saturated rings. The second-order valence-electron chi connectivity index (χ2n) is 3.34. The number of hydrogen-bond donors (Lipinski definition) is 2. The fourth-order valence-electron chi connectivity index (χ4n) is 1.48. The zero-order valence-electron chi connectivity index (χ0n) is 7.61. The van der Waals surface area contributed by atoms with Gasteiger partial charge in [0, 0.05) is 28.3 Å². The molecule has 1 heterocycles. The van der Waals surface area contributed by atoms with Gasteiger partial charge in [-0.1, -0.05) is 17.7 Å². The van der Waals surface area contributed by atoms with E-state index in [9.17, 15) is 5.11 Å². The molecule has 2 rings (SSSR count). The Morgan fingerprint density at radius 2 is 2.29 bits per heavy atom. The normalized spacial score (nSPS) is 26.7. The van der Waals surface area contributed by atoms with Crippen LogP contribution < -0.4 is 5.32 Å². The van der Waals surface area contributed by atoms with Crippen molar-refractivity contribution in [3.63, 3.8) is 0 Å². The zero-order valence-corrected chi connectivity index (χ0v) is 9.18. The molecule has 0 saturated carbocycles. The van der Waals surface area contributed by atoms with Gasteiger partial charge in [-0.15, -0.1) is 11.8 Å². The van der Waals surface area contributed by atoms with Crippen molar-refractivity contribution >= 4 is 23.4 Å². The fourth-order valence-corrected chi connectivity index (χ4v) is 2.89. The number of thioether (sulfide) groups is 1. The molecule has 0 aliphatic carbocycles. The first-order valence-corrected chi connectivity index (χ1v) is 5.82. The summed E-state index contributed by atoms with van der Waals surface area (Å²) < 4.78 is 0. The van der Waals surface area contributed by atoms with E-state index in [0.717, 1.165) is 16.5 Å². The summed E-state index contributed by atoms with van der Waals surface area (Å²) in [6, 6.07) is 7.73. The first-order valence-electron chi connectivity index (χ1n) is 4.57. The summed E-state index contributed by atoms with van der Waals surface area (Å²) in [5.74, 6) is 0. The van der Waals surface area contributed by atoms with Crippen molar-refractivity contribution in [3.8, 4) is 0 Å². The molecular weight excluding hydrogens is 218 g/mol. The van der Waals surface area contributed by atoms with Crippen LogP contribution in [0.2, 0.25) is 5.02 Å². The first kappa shape index (κ1) is 10.3. The van der Waals surface area contributed by atoms with Crippen molar-refractivity contribution in [2.45, 2.75) is 16.2 Å². The lowest BCUT2D eigenvalue weighted by atomic mass is 10.3. The summed E-state index contributed by atoms with van der Waals surface area (Å²) in [5.41, 5.74) is 0. The van der Waals surface area contributed by atoms with Crippen molar-refractivity contribution in [1.82, 2.24) is 5.32 Å². The summed E-state index contributed by atoms with van der Waals surface area (Å²) in [6.07, 6.45) is -0.251. The second kappa shape index (κ2) is 4.53. The molecule has 0 radical (unpaired) electrons. The Labute approximate surface area is 92.7 Å². The van der Waals surface area contributed by atoms with E-state index in [0.29, 0.717) is 6.54 Å². The highest BCUT2D eigenvalue weighted by Crippen LogP contribution is 2.28. The average molecular weight is 230 g/mol. The fraction of sp³-hybridized carbons (Fsp3) is 0.400. The largest absolute Gasteiger partial charge is 0.391 e. The number of aliphatic hydroxyl groups is 1. The first-order chi connectivity index (χ1) is 6.75. The van der Waals surface area contributed by atoms with E-state index >= 15 is 0 Å². The smallest absolute Gasteiger partial charge is 0.0798 e. The highest BCUT2D eigenvalue weighted by Gasteiger charge is 2.25. The molecule has 0 aromatic heterocycles. The number of β-amino-alcohol motifs (C(OH)–C–C–N with tert-alkyl or cyclic N) is 1. The van der Waals surface area contributed by atoms with Crippen molar-refractivity contribution in [3.05, 3.63) is 29.3 Å². The van der Waals surface area contributed by atoms with Gasteiger partial charge in [-0.2, -0.15) is 0 Å². The summed E-state index contributed by atoms with van der Waals surface area (Å²) in [5, 5.41) is 13.7. The number of halogens is 1. The maximum absolute atomic E-state index is 9.60. The van der Waals surface area contributed by atoms with Crippen LogP contribution in [0.5, 0.6) is 0 Å². The van der Waals surface area contributed by atoms with Crippen molar-refractivity contribution in [2.75, 3.05) is 13.1 Å². The van der Waals surface area contributed by atoms with Crippen LogP contribution in [0.3, 0.4) is 0 Å². The molecule has 0 spiro atoms. The van der Waals surface area contributed by atoms with E-state index in [1.54, 1.807) is 11.8 Å². The quantitative estimate of drug-likeness (QED) is 0.811. The van der Waals surface area contributed by atoms with E-state index in [1.165, 1.54) is 0 Å². The SMILES string of the molecule is OC1CNCC1Sc1cccc(Cl)c1. The molecular formula is C10H12ClNOS. The van der Waals surface area contributed by atoms with Crippen LogP contribution in [0.1, 0.15) is 0 Å². The molecule has 4 heteroatoms. The minimum absolute atomic E-state index is 0.244. The van der Waals surface area contributed by atoms with Crippen LogP contribution >= 0.6 is 23.4 Å². The Morgan fingerprint density at radius 1 is 1.43 bits per heavy atom. The monoisotopic (exact) mass is 229 g/mol. The van der Waals surface area contributed by atoms with Gasteiger partial charge in [0.05, 0.1) is 6.10 Å². The van der Waals surface area contributed by atoms with Gasteiger partial charge in [0.1, 0.15) is 0 Å². The Balaban J connectivity index is 2.03. The van der Waals surface area contributed by atoms with Crippen LogP contribution in [0.25, 0.3) is 0 Å². The Bertz CT molecular complexity index is 321. The minimum Gasteiger partial charge on any atom is -0.391 e. The topological polar surface area (TPSA) is 32.3 Å². The van der Waals surface area contributed by atoms with Crippen LogP contribution in [-0.2, 0) is 0 Å². The van der Waals surface area contributed by atoms with Gasteiger partial charge >= 0.3 is 0 Å². The molecule has 2 nitrogen and oxygen atoms in total. The molecule has 1 aliphatic rings. The molecule has 1 aromatic carbocycles. The summed E-state index contributed by atoms with van der Waals surface area (Å²) in [4.78, 5) is 1.12. The lowest BCUT2D eigenvalue weighted by Gasteiger charge is -2.12. The molecule has 2 atom stereocenters. The zero-order chi connectivity index (χ0) is 9.97. The van der Waals surface area contributed by atoms with E-state index in [2.05, 4.69) is 5.32 Å². The average Bonchev–Trinajstić information content (AvgIpc) is 2.52.